The zero-order chi connectivity index (χ0) is 14.4. The molecule has 0 radical (unpaired) electrons. The number of aliphatic hydroxyl groups excluding tert-OH is 1. The van der Waals surface area contributed by atoms with Gasteiger partial charge in [-0.05, 0) is 6.42 Å². The van der Waals surface area contributed by atoms with Crippen molar-refractivity contribution in [3.05, 3.63) is 0 Å². The lowest BCUT2D eigenvalue weighted by Gasteiger charge is -2.27. The van der Waals surface area contributed by atoms with Crippen LogP contribution >= 0.6 is 11.8 Å². The van der Waals surface area contributed by atoms with Crippen LogP contribution in [0.5, 0.6) is 0 Å². The summed E-state index contributed by atoms with van der Waals surface area (Å²) in [5.41, 5.74) is 0. The number of aliphatic hydroxyl groups is 1. The average Bonchev–Trinajstić information content (AvgIpc) is 2.48. The van der Waals surface area contributed by atoms with E-state index in [0.29, 0.717) is 30.3 Å². The molecule has 0 aromatic carbocycles. The van der Waals surface area contributed by atoms with Crippen LogP contribution in [-0.4, -0.2) is 65.3 Å². The summed E-state index contributed by atoms with van der Waals surface area (Å²) in [6.07, 6.45) is 0.720. The van der Waals surface area contributed by atoms with E-state index >= 15 is 0 Å². The molecule has 0 aliphatic carbocycles. The minimum Gasteiger partial charge on any atom is -0.396 e. The quantitative estimate of drug-likeness (QED) is 0.739. The third-order valence-corrected chi connectivity index (χ3v) is 3.99. The van der Waals surface area contributed by atoms with Crippen LogP contribution in [0.15, 0.2) is 5.16 Å². The average molecular weight is 299 g/mol. The lowest BCUT2D eigenvalue weighted by molar-refractivity contribution is 0.122. The predicted octanol–water partition coefficient (Wildman–Crippen LogP) is 0.613. The highest BCUT2D eigenvalue weighted by Gasteiger charge is 2.17. The maximum absolute atomic E-state index is 8.97. The zero-order valence-electron chi connectivity index (χ0n) is 11.9. The molecule has 7 nitrogen and oxygen atoms in total. The van der Waals surface area contributed by atoms with Crippen molar-refractivity contribution in [1.29, 1.82) is 0 Å². The molecule has 1 aromatic heterocycles. The van der Waals surface area contributed by atoms with E-state index < -0.39 is 0 Å². The normalized spacial score (nSPS) is 17.1. The van der Waals surface area contributed by atoms with Gasteiger partial charge >= 0.3 is 0 Å². The number of ether oxygens (including phenoxy) is 1. The van der Waals surface area contributed by atoms with Gasteiger partial charge in [0.1, 0.15) is 0 Å². The van der Waals surface area contributed by atoms with Crippen molar-refractivity contribution in [2.45, 2.75) is 23.8 Å². The molecule has 0 bridgehead atoms. The molecule has 112 valence electrons. The molecule has 2 heterocycles. The summed E-state index contributed by atoms with van der Waals surface area (Å²) in [6.45, 7) is 5.22. The molecule has 0 spiro atoms. The standard InChI is InChI=1S/C12H21N5O2S/c1-9(3-6-18)20-12-15-10(13-2)14-11(16-12)17-4-7-19-8-5-17/h9,18H,3-8H2,1-2H3,(H,13,14,15,16). The molecule has 20 heavy (non-hydrogen) atoms. The molecule has 0 amide bonds. The number of nitrogens with one attached hydrogen (secondary N) is 1. The predicted molar refractivity (Wildman–Crippen MR) is 79.4 cm³/mol. The molecule has 8 heteroatoms. The van der Waals surface area contributed by atoms with Crippen LogP contribution in [0.1, 0.15) is 13.3 Å². The van der Waals surface area contributed by atoms with Crippen molar-refractivity contribution in [2.75, 3.05) is 50.2 Å². The SMILES string of the molecule is CNc1nc(SC(C)CCO)nc(N2CCOCC2)n1. The molecule has 1 unspecified atom stereocenters. The monoisotopic (exact) mass is 299 g/mol. The smallest absolute Gasteiger partial charge is 0.231 e. The Morgan fingerprint density at radius 2 is 2.10 bits per heavy atom. The van der Waals surface area contributed by atoms with E-state index in [9.17, 15) is 0 Å². The maximum Gasteiger partial charge on any atom is 0.231 e. The Hall–Kier alpha value is -1.12. The Kier molecular flexibility index (Phi) is 5.81. The Bertz CT molecular complexity index is 428. The first-order chi connectivity index (χ1) is 9.72. The summed E-state index contributed by atoms with van der Waals surface area (Å²) in [7, 11) is 1.80. The number of thioether (sulfide) groups is 1. The number of rotatable bonds is 6. The van der Waals surface area contributed by atoms with E-state index in [2.05, 4.69) is 32.1 Å². The molecule has 2 rings (SSSR count). The Morgan fingerprint density at radius 3 is 2.75 bits per heavy atom. The van der Waals surface area contributed by atoms with Crippen molar-refractivity contribution in [3.63, 3.8) is 0 Å². The molecular weight excluding hydrogens is 278 g/mol. The van der Waals surface area contributed by atoms with Crippen LogP contribution in [0.25, 0.3) is 0 Å². The topological polar surface area (TPSA) is 83.4 Å². The summed E-state index contributed by atoms with van der Waals surface area (Å²) >= 11 is 1.56. The molecule has 1 fully saturated rings. The van der Waals surface area contributed by atoms with Crippen LogP contribution in [0.4, 0.5) is 11.9 Å². The van der Waals surface area contributed by atoms with Crippen LogP contribution in [-0.2, 0) is 4.74 Å². The molecule has 1 aliphatic rings. The van der Waals surface area contributed by atoms with Gasteiger partial charge in [0.2, 0.25) is 11.9 Å². The van der Waals surface area contributed by atoms with E-state index in [-0.39, 0.29) is 11.9 Å². The van der Waals surface area contributed by atoms with Gasteiger partial charge in [-0.3, -0.25) is 0 Å². The first-order valence-electron chi connectivity index (χ1n) is 6.77. The van der Waals surface area contributed by atoms with Gasteiger partial charge in [-0.1, -0.05) is 18.7 Å². The third-order valence-electron chi connectivity index (χ3n) is 2.96. The van der Waals surface area contributed by atoms with Gasteiger partial charge in [0.15, 0.2) is 5.16 Å². The molecule has 1 saturated heterocycles. The molecular formula is C12H21N5O2S. The Balaban J connectivity index is 2.14. The van der Waals surface area contributed by atoms with Gasteiger partial charge < -0.3 is 20.1 Å². The van der Waals surface area contributed by atoms with Crippen molar-refractivity contribution in [3.8, 4) is 0 Å². The van der Waals surface area contributed by atoms with Crippen molar-refractivity contribution < 1.29 is 9.84 Å². The molecule has 1 aromatic rings. The van der Waals surface area contributed by atoms with E-state index in [4.69, 9.17) is 9.84 Å². The first-order valence-corrected chi connectivity index (χ1v) is 7.65. The number of anilines is 2. The Morgan fingerprint density at radius 1 is 1.35 bits per heavy atom. The summed E-state index contributed by atoms with van der Waals surface area (Å²) < 4.78 is 5.34. The van der Waals surface area contributed by atoms with E-state index in [1.54, 1.807) is 18.8 Å². The lowest BCUT2D eigenvalue weighted by atomic mass is 10.4. The molecule has 2 N–H and O–H groups in total. The second kappa shape index (κ2) is 7.61. The molecule has 0 saturated carbocycles. The van der Waals surface area contributed by atoms with Gasteiger partial charge in [0.25, 0.3) is 0 Å². The van der Waals surface area contributed by atoms with Crippen molar-refractivity contribution >= 4 is 23.7 Å². The third kappa shape index (κ3) is 4.19. The second-order valence-electron chi connectivity index (χ2n) is 4.53. The zero-order valence-corrected chi connectivity index (χ0v) is 12.7. The summed E-state index contributed by atoms with van der Waals surface area (Å²) in [6, 6.07) is 0. The van der Waals surface area contributed by atoms with E-state index in [1.165, 1.54) is 0 Å². The van der Waals surface area contributed by atoms with Crippen LogP contribution in [0.2, 0.25) is 0 Å². The van der Waals surface area contributed by atoms with Gasteiger partial charge in [-0.2, -0.15) is 15.0 Å². The van der Waals surface area contributed by atoms with Gasteiger partial charge in [-0.15, -0.1) is 0 Å². The lowest BCUT2D eigenvalue weighted by Crippen LogP contribution is -2.37. The number of hydrogen-bond donors (Lipinski definition) is 2. The first kappa shape index (κ1) is 15.3. The fourth-order valence-electron chi connectivity index (χ4n) is 1.84. The van der Waals surface area contributed by atoms with E-state index in [1.807, 2.05) is 0 Å². The maximum atomic E-state index is 8.97. The number of hydrogen-bond acceptors (Lipinski definition) is 8. The number of morpholine rings is 1. The number of nitrogens with zero attached hydrogens (tertiary/aromatic N) is 4. The Labute approximate surface area is 123 Å². The highest BCUT2D eigenvalue weighted by molar-refractivity contribution is 7.99. The number of aromatic nitrogens is 3. The van der Waals surface area contributed by atoms with Crippen molar-refractivity contribution in [2.24, 2.45) is 0 Å². The minimum absolute atomic E-state index is 0.175. The fraction of sp³-hybridized carbons (Fsp3) is 0.750. The van der Waals surface area contributed by atoms with E-state index in [0.717, 1.165) is 19.5 Å². The highest BCUT2D eigenvalue weighted by Crippen LogP contribution is 2.24. The fourth-order valence-corrected chi connectivity index (χ4v) is 2.69. The van der Waals surface area contributed by atoms with Gasteiger partial charge in [-0.25, -0.2) is 0 Å². The largest absolute Gasteiger partial charge is 0.396 e. The summed E-state index contributed by atoms with van der Waals surface area (Å²) in [5.74, 6) is 1.26. The summed E-state index contributed by atoms with van der Waals surface area (Å²) in [4.78, 5) is 15.4. The highest BCUT2D eigenvalue weighted by atomic mass is 32.2. The van der Waals surface area contributed by atoms with Crippen LogP contribution < -0.4 is 10.2 Å². The van der Waals surface area contributed by atoms with Gasteiger partial charge in [0.05, 0.1) is 13.2 Å². The van der Waals surface area contributed by atoms with Crippen LogP contribution in [0.3, 0.4) is 0 Å². The van der Waals surface area contributed by atoms with Crippen LogP contribution in [0, 0.1) is 0 Å². The second-order valence-corrected chi connectivity index (χ2v) is 5.94. The van der Waals surface area contributed by atoms with Crippen molar-refractivity contribution in [1.82, 2.24) is 15.0 Å². The summed E-state index contributed by atoms with van der Waals surface area (Å²) in [5, 5.41) is 12.9. The molecule has 1 atom stereocenters. The van der Waals surface area contributed by atoms with Gasteiger partial charge in [0, 0.05) is 32.0 Å². The minimum atomic E-state index is 0.175. The molecule has 1 aliphatic heterocycles.